The minimum Gasteiger partial charge on any atom is -0.354 e. The number of pyridine rings is 1. The fourth-order valence-electron chi connectivity index (χ4n) is 4.67. The highest BCUT2D eigenvalue weighted by molar-refractivity contribution is 5.81. The first-order valence-electron chi connectivity index (χ1n) is 12.6. The molecule has 1 aliphatic rings. The Labute approximate surface area is 219 Å². The van der Waals surface area contributed by atoms with Gasteiger partial charge in [0, 0.05) is 37.9 Å². The summed E-state index contributed by atoms with van der Waals surface area (Å²) in [6.07, 6.45) is 1.72. The quantitative estimate of drug-likeness (QED) is 0.329. The number of imidazole rings is 1. The van der Waals surface area contributed by atoms with Crippen LogP contribution >= 0.6 is 0 Å². The van der Waals surface area contributed by atoms with Crippen LogP contribution in [0, 0.1) is 5.82 Å². The van der Waals surface area contributed by atoms with Crippen LogP contribution in [0.3, 0.4) is 0 Å². The molecule has 10 heteroatoms. The fourth-order valence-corrected chi connectivity index (χ4v) is 4.67. The molecule has 0 aliphatic carbocycles. The molecule has 2 aromatic carbocycles. The molecule has 192 valence electrons. The normalized spacial score (nSPS) is 15.1. The number of fused-ring (bicyclic) bond motifs is 1. The second-order valence-electron chi connectivity index (χ2n) is 9.33. The molecule has 0 amide bonds. The van der Waals surface area contributed by atoms with Gasteiger partial charge >= 0.3 is 0 Å². The Bertz CT molecular complexity index is 1540. The topological polar surface area (TPSA) is 101 Å². The summed E-state index contributed by atoms with van der Waals surface area (Å²) in [4.78, 5) is 21.2. The molecule has 0 spiro atoms. The number of aromatic nitrogens is 5. The predicted octanol–water partition coefficient (Wildman–Crippen LogP) is 4.19. The SMILES string of the molecule is C[C@H](Nc1nccc(-n2c(-c3ccc(F)cc3)nc3nc(N4CCN(N)CC4)ccc32)n1)c1ccccc1. The van der Waals surface area contributed by atoms with Gasteiger partial charge in [-0.2, -0.15) is 4.98 Å². The number of nitrogens with one attached hydrogen (secondary N) is 1. The minimum absolute atomic E-state index is 0.0146. The van der Waals surface area contributed by atoms with Gasteiger partial charge in [-0.05, 0) is 55.0 Å². The lowest BCUT2D eigenvalue weighted by Gasteiger charge is -2.32. The Morgan fingerprint density at radius 1 is 0.842 bits per heavy atom. The zero-order valence-corrected chi connectivity index (χ0v) is 21.0. The summed E-state index contributed by atoms with van der Waals surface area (Å²) < 4.78 is 15.7. The number of piperazine rings is 1. The standard InChI is InChI=1S/C28H28FN9/c1-19(20-5-3-2-4-6-20)32-28-31-14-13-25(34-28)38-23-11-12-24(36-15-17-37(30)18-16-36)33-26(23)35-27(38)21-7-9-22(29)10-8-21/h2-14,19H,15-18,30H2,1H3,(H,31,32,34)/t19-/m0/s1. The number of hydrogen-bond donors (Lipinski definition) is 2. The van der Waals surface area contributed by atoms with Crippen molar-refractivity contribution < 1.29 is 4.39 Å². The number of hydrazine groups is 1. The Morgan fingerprint density at radius 3 is 2.37 bits per heavy atom. The van der Waals surface area contributed by atoms with Gasteiger partial charge in [-0.25, -0.2) is 24.4 Å². The number of nitrogens with two attached hydrogens (primary N) is 1. The highest BCUT2D eigenvalue weighted by Crippen LogP contribution is 2.29. The summed E-state index contributed by atoms with van der Waals surface area (Å²) in [7, 11) is 0. The predicted molar refractivity (Wildman–Crippen MR) is 146 cm³/mol. The highest BCUT2D eigenvalue weighted by atomic mass is 19.1. The number of halogens is 1. The van der Waals surface area contributed by atoms with E-state index in [9.17, 15) is 4.39 Å². The van der Waals surface area contributed by atoms with Crippen molar-refractivity contribution in [1.82, 2.24) is 29.5 Å². The second kappa shape index (κ2) is 10.2. The molecule has 0 unspecified atom stereocenters. The minimum atomic E-state index is -0.306. The Balaban J connectivity index is 1.41. The van der Waals surface area contributed by atoms with Crippen molar-refractivity contribution in [2.75, 3.05) is 36.4 Å². The molecular weight excluding hydrogens is 481 g/mol. The van der Waals surface area contributed by atoms with E-state index < -0.39 is 0 Å². The lowest BCUT2D eigenvalue weighted by molar-refractivity contribution is 0.265. The molecule has 0 bridgehead atoms. The summed E-state index contributed by atoms with van der Waals surface area (Å²) in [6.45, 7) is 5.19. The number of nitrogens with zero attached hydrogens (tertiary/aromatic N) is 7. The van der Waals surface area contributed by atoms with Gasteiger partial charge in [-0.3, -0.25) is 10.4 Å². The number of anilines is 2. The van der Waals surface area contributed by atoms with Crippen LogP contribution in [0.15, 0.2) is 79.0 Å². The van der Waals surface area contributed by atoms with Crippen LogP contribution in [0.4, 0.5) is 16.2 Å². The van der Waals surface area contributed by atoms with Crippen molar-refractivity contribution in [1.29, 1.82) is 0 Å². The Kier molecular flexibility index (Phi) is 6.40. The smallest absolute Gasteiger partial charge is 0.225 e. The van der Waals surface area contributed by atoms with Crippen LogP contribution in [-0.2, 0) is 0 Å². The third kappa shape index (κ3) is 4.79. The lowest BCUT2D eigenvalue weighted by Crippen LogP contribution is -2.49. The summed E-state index contributed by atoms with van der Waals surface area (Å²) in [6, 6.07) is 22.3. The molecule has 1 aliphatic heterocycles. The molecule has 3 N–H and O–H groups in total. The zero-order chi connectivity index (χ0) is 26.1. The van der Waals surface area contributed by atoms with E-state index in [0.29, 0.717) is 23.2 Å². The van der Waals surface area contributed by atoms with Gasteiger partial charge in [0.25, 0.3) is 0 Å². The first kappa shape index (κ1) is 24.0. The molecule has 0 radical (unpaired) electrons. The van der Waals surface area contributed by atoms with E-state index in [-0.39, 0.29) is 11.9 Å². The van der Waals surface area contributed by atoms with E-state index in [0.717, 1.165) is 48.6 Å². The van der Waals surface area contributed by atoms with Gasteiger partial charge in [-0.1, -0.05) is 30.3 Å². The van der Waals surface area contributed by atoms with Crippen molar-refractivity contribution >= 4 is 22.9 Å². The van der Waals surface area contributed by atoms with Crippen LogP contribution in [0.2, 0.25) is 0 Å². The number of hydrogen-bond acceptors (Lipinski definition) is 8. The van der Waals surface area contributed by atoms with E-state index in [2.05, 4.69) is 34.3 Å². The zero-order valence-electron chi connectivity index (χ0n) is 21.0. The third-order valence-corrected chi connectivity index (χ3v) is 6.76. The van der Waals surface area contributed by atoms with E-state index in [1.54, 1.807) is 18.3 Å². The summed E-state index contributed by atoms with van der Waals surface area (Å²) in [5.74, 6) is 8.23. The number of rotatable bonds is 6. The van der Waals surface area contributed by atoms with Crippen LogP contribution in [0.1, 0.15) is 18.5 Å². The average molecular weight is 510 g/mol. The lowest BCUT2D eigenvalue weighted by atomic mass is 10.1. The van der Waals surface area contributed by atoms with Crippen molar-refractivity contribution in [3.63, 3.8) is 0 Å². The molecular formula is C28H28FN9. The van der Waals surface area contributed by atoms with Crippen LogP contribution < -0.4 is 16.1 Å². The second-order valence-corrected chi connectivity index (χ2v) is 9.33. The van der Waals surface area contributed by atoms with Crippen molar-refractivity contribution in [3.8, 4) is 17.2 Å². The summed E-state index contributed by atoms with van der Waals surface area (Å²) >= 11 is 0. The fraction of sp³-hybridized carbons (Fsp3) is 0.214. The van der Waals surface area contributed by atoms with Gasteiger partial charge in [0.1, 0.15) is 23.3 Å². The van der Waals surface area contributed by atoms with E-state index >= 15 is 0 Å². The third-order valence-electron chi connectivity index (χ3n) is 6.76. The molecule has 1 atom stereocenters. The van der Waals surface area contributed by atoms with Crippen molar-refractivity contribution in [2.24, 2.45) is 5.84 Å². The van der Waals surface area contributed by atoms with Gasteiger partial charge in [-0.15, -0.1) is 0 Å². The van der Waals surface area contributed by atoms with Gasteiger partial charge in [0.15, 0.2) is 5.65 Å². The maximum atomic E-state index is 13.7. The largest absolute Gasteiger partial charge is 0.354 e. The van der Waals surface area contributed by atoms with E-state index in [4.69, 9.17) is 20.8 Å². The number of benzene rings is 2. The molecule has 0 saturated carbocycles. The van der Waals surface area contributed by atoms with Crippen molar-refractivity contribution in [3.05, 3.63) is 90.4 Å². The first-order valence-corrected chi connectivity index (χ1v) is 12.6. The first-order chi connectivity index (χ1) is 18.5. The van der Waals surface area contributed by atoms with Crippen LogP contribution in [0.5, 0.6) is 0 Å². The monoisotopic (exact) mass is 509 g/mol. The van der Waals surface area contributed by atoms with Crippen LogP contribution in [-0.4, -0.2) is 55.7 Å². The van der Waals surface area contributed by atoms with Gasteiger partial charge in [0.05, 0.1) is 11.6 Å². The molecule has 1 saturated heterocycles. The average Bonchev–Trinajstić information content (AvgIpc) is 3.33. The molecule has 3 aromatic heterocycles. The molecule has 1 fully saturated rings. The van der Waals surface area contributed by atoms with E-state index in [1.165, 1.54) is 12.1 Å². The summed E-state index contributed by atoms with van der Waals surface area (Å²) in [5, 5.41) is 5.20. The van der Waals surface area contributed by atoms with Gasteiger partial charge in [0.2, 0.25) is 5.95 Å². The van der Waals surface area contributed by atoms with Crippen LogP contribution in [0.25, 0.3) is 28.4 Å². The van der Waals surface area contributed by atoms with E-state index in [1.807, 2.05) is 46.0 Å². The Morgan fingerprint density at radius 2 is 1.61 bits per heavy atom. The van der Waals surface area contributed by atoms with Gasteiger partial charge < -0.3 is 10.2 Å². The molecule has 6 rings (SSSR count). The molecule has 9 nitrogen and oxygen atoms in total. The van der Waals surface area contributed by atoms with Crippen molar-refractivity contribution in [2.45, 2.75) is 13.0 Å². The summed E-state index contributed by atoms with van der Waals surface area (Å²) in [5.41, 5.74) is 3.27. The highest BCUT2D eigenvalue weighted by Gasteiger charge is 2.21. The molecule has 5 aromatic rings. The maximum Gasteiger partial charge on any atom is 0.225 e. The molecule has 38 heavy (non-hydrogen) atoms. The maximum absolute atomic E-state index is 13.7. The molecule has 4 heterocycles. The Hall–Kier alpha value is -4.41.